The van der Waals surface area contributed by atoms with Gasteiger partial charge in [-0.1, -0.05) is 19.1 Å². The van der Waals surface area contributed by atoms with Crippen molar-refractivity contribution < 1.29 is 19.1 Å². The number of aromatic nitrogens is 1. The van der Waals surface area contributed by atoms with Crippen LogP contribution in [0.5, 0.6) is 0 Å². The maximum atomic E-state index is 13.4. The Kier molecular flexibility index (Phi) is 5.39. The number of urea groups is 1. The summed E-state index contributed by atoms with van der Waals surface area (Å²) in [6.45, 7) is 4.51. The fourth-order valence-electron chi connectivity index (χ4n) is 3.40. The van der Waals surface area contributed by atoms with Crippen LogP contribution >= 0.6 is 0 Å². The molecular weight excluding hydrogens is 349 g/mol. The molecule has 1 fully saturated rings. The molecule has 2 atom stereocenters. The van der Waals surface area contributed by atoms with Gasteiger partial charge in [0.2, 0.25) is 0 Å². The second kappa shape index (κ2) is 7.73. The van der Waals surface area contributed by atoms with Crippen LogP contribution in [0.15, 0.2) is 36.7 Å². The topological polar surface area (TPSA) is 82.5 Å². The molecule has 1 aromatic carbocycles. The molecule has 2 N–H and O–H groups in total. The van der Waals surface area contributed by atoms with Crippen LogP contribution in [0.2, 0.25) is 0 Å². The molecule has 0 bridgehead atoms. The van der Waals surface area contributed by atoms with Crippen molar-refractivity contribution in [3.63, 3.8) is 0 Å². The summed E-state index contributed by atoms with van der Waals surface area (Å²) in [7, 11) is 0. The van der Waals surface area contributed by atoms with E-state index in [1.165, 1.54) is 6.07 Å². The Bertz CT molecular complexity index is 871. The normalized spacial score (nSPS) is 19.6. The third kappa shape index (κ3) is 4.42. The van der Waals surface area contributed by atoms with Crippen LogP contribution in [0.3, 0.4) is 0 Å². The molecule has 0 saturated carbocycles. The van der Waals surface area contributed by atoms with E-state index in [2.05, 4.69) is 10.3 Å². The van der Waals surface area contributed by atoms with E-state index in [1.54, 1.807) is 17.2 Å². The summed E-state index contributed by atoms with van der Waals surface area (Å²) >= 11 is 0. The molecule has 2 amide bonds. The van der Waals surface area contributed by atoms with Crippen LogP contribution in [0.1, 0.15) is 18.9 Å². The lowest BCUT2D eigenvalue weighted by molar-refractivity contribution is -0.143. The van der Waals surface area contributed by atoms with Crippen molar-refractivity contribution in [2.45, 2.75) is 20.3 Å². The second-order valence-corrected chi connectivity index (χ2v) is 7.13. The molecule has 27 heavy (non-hydrogen) atoms. The van der Waals surface area contributed by atoms with Gasteiger partial charge in [-0.25, -0.2) is 9.18 Å². The number of carbonyl (C=O) groups is 2. The third-order valence-corrected chi connectivity index (χ3v) is 4.81. The zero-order valence-electron chi connectivity index (χ0n) is 15.3. The summed E-state index contributed by atoms with van der Waals surface area (Å²) in [5, 5.41) is 12.1. The lowest BCUT2D eigenvalue weighted by Crippen LogP contribution is -2.47. The predicted molar refractivity (Wildman–Crippen MR) is 99.9 cm³/mol. The number of nitrogens with zero attached hydrogens (tertiary/aromatic N) is 2. The maximum Gasteiger partial charge on any atom is 0.321 e. The van der Waals surface area contributed by atoms with Crippen LogP contribution in [0, 0.1) is 24.6 Å². The van der Waals surface area contributed by atoms with Gasteiger partial charge in [0.25, 0.3) is 0 Å². The summed E-state index contributed by atoms with van der Waals surface area (Å²) in [6.07, 6.45) is 3.26. The van der Waals surface area contributed by atoms with Crippen molar-refractivity contribution in [3.8, 4) is 11.1 Å². The van der Waals surface area contributed by atoms with Crippen LogP contribution < -0.4 is 5.32 Å². The first kappa shape index (κ1) is 18.8. The lowest BCUT2D eigenvalue weighted by atomic mass is 9.91. The minimum atomic E-state index is -0.879. The van der Waals surface area contributed by atoms with Crippen molar-refractivity contribution in [3.05, 3.63) is 48.0 Å². The quantitative estimate of drug-likeness (QED) is 0.860. The largest absolute Gasteiger partial charge is 0.481 e. The second-order valence-electron chi connectivity index (χ2n) is 7.13. The van der Waals surface area contributed by atoms with Crippen LogP contribution in [0.4, 0.5) is 14.9 Å². The summed E-state index contributed by atoms with van der Waals surface area (Å²) in [6, 6.07) is 6.50. The van der Waals surface area contributed by atoms with Gasteiger partial charge in [0.1, 0.15) is 5.82 Å². The highest BCUT2D eigenvalue weighted by Crippen LogP contribution is 2.27. The Morgan fingerprint density at radius 2 is 2.00 bits per heavy atom. The maximum absolute atomic E-state index is 13.4. The molecule has 1 aromatic heterocycles. The summed E-state index contributed by atoms with van der Waals surface area (Å²) in [5.41, 5.74) is 2.81. The zero-order valence-corrected chi connectivity index (χ0v) is 15.3. The van der Waals surface area contributed by atoms with E-state index >= 15 is 0 Å². The van der Waals surface area contributed by atoms with Crippen molar-refractivity contribution in [2.75, 3.05) is 18.4 Å². The molecule has 3 rings (SSSR count). The number of anilines is 1. The minimum absolute atomic E-state index is 0.122. The molecule has 0 aliphatic carbocycles. The number of aliphatic carboxylic acids is 1. The Morgan fingerprint density at radius 1 is 1.22 bits per heavy atom. The highest BCUT2D eigenvalue weighted by atomic mass is 19.1. The van der Waals surface area contributed by atoms with Gasteiger partial charge in [-0.15, -0.1) is 0 Å². The number of hydrogen-bond acceptors (Lipinski definition) is 3. The first-order chi connectivity index (χ1) is 12.8. The van der Waals surface area contributed by atoms with Crippen LogP contribution in [0.25, 0.3) is 11.1 Å². The molecule has 0 spiro atoms. The highest BCUT2D eigenvalue weighted by Gasteiger charge is 2.32. The Balaban J connectivity index is 1.79. The molecule has 1 aliphatic heterocycles. The average molecular weight is 371 g/mol. The number of benzene rings is 1. The van der Waals surface area contributed by atoms with E-state index in [0.29, 0.717) is 24.2 Å². The number of amides is 2. The van der Waals surface area contributed by atoms with Gasteiger partial charge in [-0.2, -0.15) is 0 Å². The van der Waals surface area contributed by atoms with E-state index in [9.17, 15) is 19.1 Å². The molecule has 6 nitrogen and oxygen atoms in total. The number of carboxylic acids is 1. The molecule has 142 valence electrons. The average Bonchev–Trinajstić information content (AvgIpc) is 2.63. The van der Waals surface area contributed by atoms with Crippen LogP contribution in [-0.2, 0) is 4.79 Å². The van der Waals surface area contributed by atoms with Gasteiger partial charge in [-0.3, -0.25) is 9.78 Å². The summed E-state index contributed by atoms with van der Waals surface area (Å²) < 4.78 is 13.4. The number of carboxylic acid groups (broad SMARTS) is 1. The predicted octanol–water partition coefficient (Wildman–Crippen LogP) is 3.77. The smallest absolute Gasteiger partial charge is 0.321 e. The minimum Gasteiger partial charge on any atom is -0.481 e. The van der Waals surface area contributed by atoms with E-state index in [4.69, 9.17) is 0 Å². The summed E-state index contributed by atoms with van der Waals surface area (Å²) in [4.78, 5) is 29.4. The van der Waals surface area contributed by atoms with Crippen molar-refractivity contribution in [1.29, 1.82) is 0 Å². The SMILES string of the molecule is Cc1ccc(-c2cncc(F)c2)cc1NC(=O)N1CC(C)CC(C(=O)O)C1. The third-order valence-electron chi connectivity index (χ3n) is 4.81. The van der Waals surface area contributed by atoms with Crippen LogP contribution in [-0.4, -0.2) is 40.1 Å². The number of rotatable bonds is 3. The van der Waals surface area contributed by atoms with E-state index in [-0.39, 0.29) is 18.5 Å². The number of aryl methyl sites for hydroxylation is 1. The molecule has 2 heterocycles. The number of piperidine rings is 1. The Labute approximate surface area is 157 Å². The molecule has 2 aromatic rings. The van der Waals surface area contributed by atoms with Crippen molar-refractivity contribution >= 4 is 17.7 Å². The van der Waals surface area contributed by atoms with Gasteiger partial charge in [0.05, 0.1) is 12.1 Å². The molecule has 1 aliphatic rings. The molecule has 2 unspecified atom stereocenters. The number of likely N-dealkylation sites (tertiary alicyclic amines) is 1. The van der Waals surface area contributed by atoms with E-state index in [0.717, 1.165) is 17.3 Å². The first-order valence-corrected chi connectivity index (χ1v) is 8.84. The van der Waals surface area contributed by atoms with Gasteiger partial charge in [-0.05, 0) is 42.5 Å². The van der Waals surface area contributed by atoms with Gasteiger partial charge >= 0.3 is 12.0 Å². The number of hydrogen-bond donors (Lipinski definition) is 2. The Hall–Kier alpha value is -2.96. The molecular formula is C20H22FN3O3. The van der Waals surface area contributed by atoms with E-state index in [1.807, 2.05) is 26.0 Å². The lowest BCUT2D eigenvalue weighted by Gasteiger charge is -2.34. The fraction of sp³-hybridized carbons (Fsp3) is 0.350. The molecule has 1 saturated heterocycles. The monoisotopic (exact) mass is 371 g/mol. The molecule has 0 radical (unpaired) electrons. The van der Waals surface area contributed by atoms with E-state index < -0.39 is 17.7 Å². The van der Waals surface area contributed by atoms with Crippen molar-refractivity contribution in [2.24, 2.45) is 11.8 Å². The zero-order chi connectivity index (χ0) is 19.6. The molecule has 7 heteroatoms. The van der Waals surface area contributed by atoms with Gasteiger partial charge in [0.15, 0.2) is 0 Å². The number of pyridine rings is 1. The standard InChI is InChI=1S/C20H22FN3O3/c1-12-5-16(19(25)26)11-24(10-12)20(27)23-18-7-14(4-3-13(18)2)15-6-17(21)9-22-8-15/h3-4,6-9,12,16H,5,10-11H2,1-2H3,(H,23,27)(H,25,26). The summed E-state index contributed by atoms with van der Waals surface area (Å²) in [5.74, 6) is -1.74. The highest BCUT2D eigenvalue weighted by molar-refractivity contribution is 5.91. The Morgan fingerprint density at radius 3 is 2.70 bits per heavy atom. The fourth-order valence-corrected chi connectivity index (χ4v) is 3.40. The van der Waals surface area contributed by atoms with Crippen molar-refractivity contribution in [1.82, 2.24) is 9.88 Å². The number of carbonyl (C=O) groups excluding carboxylic acids is 1. The number of halogens is 1. The van der Waals surface area contributed by atoms with Gasteiger partial charge in [0, 0.05) is 30.5 Å². The first-order valence-electron chi connectivity index (χ1n) is 8.84. The number of nitrogens with one attached hydrogen (secondary N) is 1. The van der Waals surface area contributed by atoms with Gasteiger partial charge < -0.3 is 15.3 Å².